The molecule has 0 amide bonds. The highest BCUT2D eigenvalue weighted by Gasteiger charge is 2.10. The van der Waals surface area contributed by atoms with Crippen LogP contribution in [0.15, 0.2) is 18.2 Å². The Bertz CT molecular complexity index is 278. The van der Waals surface area contributed by atoms with Gasteiger partial charge in [0.2, 0.25) is 0 Å². The second-order valence-electron chi connectivity index (χ2n) is 2.45. The van der Waals surface area contributed by atoms with Crippen molar-refractivity contribution in [2.45, 2.75) is 6.10 Å². The summed E-state index contributed by atoms with van der Waals surface area (Å²) in [5.41, 5.74) is 5.58. The van der Waals surface area contributed by atoms with Gasteiger partial charge in [-0.2, -0.15) is 0 Å². The van der Waals surface area contributed by atoms with Crippen molar-refractivity contribution in [3.8, 4) is 5.75 Å². The van der Waals surface area contributed by atoms with Gasteiger partial charge in [-0.3, -0.25) is 0 Å². The number of phenols is 1. The molecule has 0 aliphatic rings. The van der Waals surface area contributed by atoms with E-state index in [0.717, 1.165) is 0 Å². The first-order valence-corrected chi connectivity index (χ1v) is 3.89. The highest BCUT2D eigenvalue weighted by molar-refractivity contribution is 6.30. The summed E-state index contributed by atoms with van der Waals surface area (Å²) < 4.78 is 0. The molecule has 0 heterocycles. The molecule has 0 aromatic heterocycles. The maximum atomic E-state index is 9.29. The van der Waals surface area contributed by atoms with Crippen LogP contribution < -0.4 is 5.73 Å². The summed E-state index contributed by atoms with van der Waals surface area (Å²) in [7, 11) is 0. The smallest absolute Gasteiger partial charge is 0.121 e. The van der Waals surface area contributed by atoms with Gasteiger partial charge in [-0.15, -0.1) is 0 Å². The summed E-state index contributed by atoms with van der Waals surface area (Å²) in [6.07, 6.45) is -0.858. The minimum atomic E-state index is -0.858. The quantitative estimate of drug-likeness (QED) is 0.648. The molecule has 0 spiro atoms. The lowest BCUT2D eigenvalue weighted by atomic mass is 10.1. The molecule has 0 bridgehead atoms. The number of rotatable bonds is 2. The van der Waals surface area contributed by atoms with Crippen LogP contribution >= 0.6 is 11.6 Å². The van der Waals surface area contributed by atoms with Crippen molar-refractivity contribution in [2.24, 2.45) is 5.73 Å². The fourth-order valence-electron chi connectivity index (χ4n) is 0.919. The van der Waals surface area contributed by atoms with E-state index in [-0.39, 0.29) is 12.3 Å². The Kier molecular flexibility index (Phi) is 2.92. The number of benzene rings is 1. The van der Waals surface area contributed by atoms with Gasteiger partial charge >= 0.3 is 0 Å². The van der Waals surface area contributed by atoms with Crippen molar-refractivity contribution >= 4 is 11.6 Å². The molecule has 0 radical (unpaired) electrons. The van der Waals surface area contributed by atoms with Crippen molar-refractivity contribution in [1.29, 1.82) is 0 Å². The van der Waals surface area contributed by atoms with Gasteiger partial charge in [-0.05, 0) is 18.2 Å². The first-order valence-electron chi connectivity index (χ1n) is 3.51. The van der Waals surface area contributed by atoms with E-state index in [4.69, 9.17) is 17.3 Å². The fraction of sp³-hybridized carbons (Fsp3) is 0.250. The number of aliphatic hydroxyl groups is 1. The van der Waals surface area contributed by atoms with Crippen LogP contribution in [-0.4, -0.2) is 16.8 Å². The van der Waals surface area contributed by atoms with Gasteiger partial charge < -0.3 is 15.9 Å². The van der Waals surface area contributed by atoms with Crippen molar-refractivity contribution in [1.82, 2.24) is 0 Å². The zero-order chi connectivity index (χ0) is 9.14. The molecule has 0 aliphatic heterocycles. The Balaban J connectivity index is 3.04. The first-order chi connectivity index (χ1) is 5.65. The number of nitrogens with two attached hydrogens (primary N) is 1. The van der Waals surface area contributed by atoms with E-state index in [9.17, 15) is 10.2 Å². The highest BCUT2D eigenvalue weighted by atomic mass is 35.5. The topological polar surface area (TPSA) is 66.5 Å². The van der Waals surface area contributed by atoms with Gasteiger partial charge in [0, 0.05) is 17.1 Å². The minimum Gasteiger partial charge on any atom is -0.508 e. The maximum Gasteiger partial charge on any atom is 0.121 e. The Morgan fingerprint density at radius 1 is 1.50 bits per heavy atom. The zero-order valence-corrected chi connectivity index (χ0v) is 7.12. The summed E-state index contributed by atoms with van der Waals surface area (Å²) in [5.74, 6) is 0.0114. The van der Waals surface area contributed by atoms with Crippen molar-refractivity contribution in [2.75, 3.05) is 6.54 Å². The molecule has 66 valence electrons. The van der Waals surface area contributed by atoms with Gasteiger partial charge in [0.05, 0.1) is 6.10 Å². The third kappa shape index (κ3) is 1.88. The highest BCUT2D eigenvalue weighted by Crippen LogP contribution is 2.26. The lowest BCUT2D eigenvalue weighted by Crippen LogP contribution is -2.11. The summed E-state index contributed by atoms with van der Waals surface area (Å²) in [4.78, 5) is 0. The van der Waals surface area contributed by atoms with E-state index < -0.39 is 6.10 Å². The standard InChI is InChI=1S/C8H10ClNO2/c9-5-1-2-7(11)6(3-5)8(12)4-10/h1-3,8,11-12H,4,10H2. The number of aliphatic hydroxyl groups excluding tert-OH is 1. The van der Waals surface area contributed by atoms with Gasteiger partial charge in [0.25, 0.3) is 0 Å². The van der Waals surface area contributed by atoms with Crippen LogP contribution in [0.4, 0.5) is 0 Å². The predicted molar refractivity (Wildman–Crippen MR) is 47.1 cm³/mol. The average Bonchev–Trinajstić information content (AvgIpc) is 2.08. The third-order valence-corrected chi connectivity index (χ3v) is 1.81. The molecule has 12 heavy (non-hydrogen) atoms. The number of hydrogen-bond donors (Lipinski definition) is 3. The van der Waals surface area contributed by atoms with Crippen LogP contribution in [0.3, 0.4) is 0 Å². The van der Waals surface area contributed by atoms with E-state index in [2.05, 4.69) is 0 Å². The third-order valence-electron chi connectivity index (χ3n) is 1.57. The van der Waals surface area contributed by atoms with Crippen LogP contribution in [0.2, 0.25) is 5.02 Å². The van der Waals surface area contributed by atoms with Crippen LogP contribution in [-0.2, 0) is 0 Å². The number of phenolic OH excluding ortho intramolecular Hbond substituents is 1. The predicted octanol–water partition coefficient (Wildman–Crippen LogP) is 1.04. The normalized spacial score (nSPS) is 12.9. The summed E-state index contributed by atoms with van der Waals surface area (Å²) >= 11 is 5.65. The van der Waals surface area contributed by atoms with Crippen LogP contribution in [0.25, 0.3) is 0 Å². The van der Waals surface area contributed by atoms with Gasteiger partial charge in [0.15, 0.2) is 0 Å². The molecule has 1 aromatic rings. The van der Waals surface area contributed by atoms with Gasteiger partial charge in [0.1, 0.15) is 5.75 Å². The number of hydrogen-bond acceptors (Lipinski definition) is 3. The Morgan fingerprint density at radius 3 is 2.75 bits per heavy atom. The van der Waals surface area contributed by atoms with Crippen molar-refractivity contribution in [3.05, 3.63) is 28.8 Å². The second kappa shape index (κ2) is 3.76. The molecule has 4 N–H and O–H groups in total. The molecule has 1 atom stereocenters. The SMILES string of the molecule is NCC(O)c1cc(Cl)ccc1O. The molecule has 1 rings (SSSR count). The van der Waals surface area contributed by atoms with E-state index >= 15 is 0 Å². The molecule has 1 unspecified atom stereocenters. The molecule has 1 aromatic carbocycles. The molecule has 4 heteroatoms. The van der Waals surface area contributed by atoms with E-state index in [1.165, 1.54) is 12.1 Å². The molecule has 0 fully saturated rings. The lowest BCUT2D eigenvalue weighted by molar-refractivity contribution is 0.182. The van der Waals surface area contributed by atoms with Crippen molar-refractivity contribution < 1.29 is 10.2 Å². The monoisotopic (exact) mass is 187 g/mol. The molecule has 0 aliphatic carbocycles. The number of halogens is 1. The molecule has 0 saturated heterocycles. The van der Waals surface area contributed by atoms with Crippen LogP contribution in [0.5, 0.6) is 5.75 Å². The van der Waals surface area contributed by atoms with Crippen LogP contribution in [0.1, 0.15) is 11.7 Å². The first kappa shape index (κ1) is 9.32. The van der Waals surface area contributed by atoms with E-state index in [1.54, 1.807) is 6.07 Å². The second-order valence-corrected chi connectivity index (χ2v) is 2.89. The van der Waals surface area contributed by atoms with Crippen molar-refractivity contribution in [3.63, 3.8) is 0 Å². The molecular weight excluding hydrogens is 178 g/mol. The Labute approximate surface area is 75.4 Å². The maximum absolute atomic E-state index is 9.29. The van der Waals surface area contributed by atoms with Gasteiger partial charge in [-0.1, -0.05) is 11.6 Å². The fourth-order valence-corrected chi connectivity index (χ4v) is 1.10. The molecule has 0 saturated carbocycles. The summed E-state index contributed by atoms with van der Waals surface area (Å²) in [6, 6.07) is 4.47. The Morgan fingerprint density at radius 2 is 2.17 bits per heavy atom. The summed E-state index contributed by atoms with van der Waals surface area (Å²) in [6.45, 7) is 0.0634. The molecule has 3 nitrogen and oxygen atoms in total. The number of aromatic hydroxyl groups is 1. The van der Waals surface area contributed by atoms with Gasteiger partial charge in [-0.25, -0.2) is 0 Å². The Hall–Kier alpha value is -0.770. The van der Waals surface area contributed by atoms with Crippen LogP contribution in [0, 0.1) is 0 Å². The minimum absolute atomic E-state index is 0.0114. The lowest BCUT2D eigenvalue weighted by Gasteiger charge is -2.09. The average molecular weight is 188 g/mol. The molecular formula is C8H10ClNO2. The largest absolute Gasteiger partial charge is 0.508 e. The van der Waals surface area contributed by atoms with E-state index in [1.807, 2.05) is 0 Å². The van der Waals surface area contributed by atoms with E-state index in [0.29, 0.717) is 10.6 Å². The summed E-state index contributed by atoms with van der Waals surface area (Å²) in [5, 5.41) is 19.0. The zero-order valence-electron chi connectivity index (χ0n) is 6.37.